The molecular weight excluding hydrogens is 198 g/mol. The summed E-state index contributed by atoms with van der Waals surface area (Å²) in [5, 5.41) is 0. The first-order chi connectivity index (χ1) is 7.15. The molecule has 15 heavy (non-hydrogen) atoms. The average Bonchev–Trinajstić information content (AvgIpc) is 2.25. The summed E-state index contributed by atoms with van der Waals surface area (Å²) in [6, 6.07) is 0. The van der Waals surface area contributed by atoms with Crippen molar-refractivity contribution in [3.05, 3.63) is 23.8 Å². The second-order valence-corrected chi connectivity index (χ2v) is 3.22. The average molecular weight is 208 g/mol. The Morgan fingerprint density at radius 2 is 2.20 bits per heavy atom. The van der Waals surface area contributed by atoms with Crippen molar-refractivity contribution in [3.8, 4) is 0 Å². The molecule has 5 heteroatoms. The lowest BCUT2D eigenvalue weighted by Gasteiger charge is -2.19. The molecule has 1 atom stereocenters. The first kappa shape index (κ1) is 9.79. The van der Waals surface area contributed by atoms with Crippen molar-refractivity contribution >= 4 is 17.8 Å². The van der Waals surface area contributed by atoms with E-state index >= 15 is 0 Å². The lowest BCUT2D eigenvalue weighted by atomic mass is 9.98. The second-order valence-electron chi connectivity index (χ2n) is 3.22. The van der Waals surface area contributed by atoms with Crippen LogP contribution < -0.4 is 0 Å². The maximum Gasteiger partial charge on any atom is 0.604 e. The molecule has 0 saturated carbocycles. The number of hydrogen-bond acceptors (Lipinski definition) is 4. The fraction of sp³-hybridized carbons (Fsp3) is 0.300. The molecular formula is C10H10NO4+. The summed E-state index contributed by atoms with van der Waals surface area (Å²) in [6.07, 6.45) is 4.02. The normalized spacial score (nSPS) is 24.9. The standard InChI is InChI=1S/C10H10NO4/c1-11-8-6(9(12)15-10(11)13)4-3-5-7(8)14-2/h3-5,7H,1-2H3/q+1. The van der Waals surface area contributed by atoms with E-state index in [9.17, 15) is 9.59 Å². The number of nitrogens with zero attached hydrogens (tertiary/aromatic N) is 1. The van der Waals surface area contributed by atoms with Crippen molar-refractivity contribution in [1.29, 1.82) is 0 Å². The predicted octanol–water partition coefficient (Wildman–Crippen LogP) is 0.258. The van der Waals surface area contributed by atoms with Gasteiger partial charge in [0, 0.05) is 7.11 Å². The largest absolute Gasteiger partial charge is 0.604 e. The summed E-state index contributed by atoms with van der Waals surface area (Å²) in [6.45, 7) is 0. The quantitative estimate of drug-likeness (QED) is 0.352. The molecule has 0 fully saturated rings. The molecule has 1 aliphatic heterocycles. The number of esters is 1. The summed E-state index contributed by atoms with van der Waals surface area (Å²) in [7, 11) is 3.06. The minimum atomic E-state index is -0.676. The van der Waals surface area contributed by atoms with Gasteiger partial charge in [-0.15, -0.1) is 4.58 Å². The van der Waals surface area contributed by atoms with Crippen molar-refractivity contribution in [2.75, 3.05) is 14.2 Å². The molecule has 0 spiro atoms. The highest BCUT2D eigenvalue weighted by molar-refractivity contribution is 6.24. The minimum Gasteiger partial charge on any atom is -0.366 e. The maximum atomic E-state index is 11.4. The van der Waals surface area contributed by atoms with Crippen LogP contribution in [0.5, 0.6) is 0 Å². The number of allylic oxidation sites excluding steroid dienone is 2. The maximum absolute atomic E-state index is 11.4. The molecule has 1 aliphatic carbocycles. The van der Waals surface area contributed by atoms with Gasteiger partial charge in [-0.25, -0.2) is 4.79 Å². The van der Waals surface area contributed by atoms with E-state index in [1.54, 1.807) is 25.3 Å². The Balaban J connectivity index is 2.58. The number of cyclic esters (lactones) is 2. The van der Waals surface area contributed by atoms with E-state index in [4.69, 9.17) is 4.74 Å². The number of carbonyl (C=O) groups is 2. The van der Waals surface area contributed by atoms with Crippen molar-refractivity contribution < 1.29 is 23.6 Å². The molecule has 0 aromatic carbocycles. The molecule has 2 aliphatic rings. The van der Waals surface area contributed by atoms with Gasteiger partial charge < -0.3 is 9.47 Å². The number of fused-ring (bicyclic) bond motifs is 1. The van der Waals surface area contributed by atoms with E-state index < -0.39 is 12.1 Å². The van der Waals surface area contributed by atoms with Crippen molar-refractivity contribution in [2.24, 2.45) is 0 Å². The third-order valence-corrected chi connectivity index (χ3v) is 2.38. The van der Waals surface area contributed by atoms with Gasteiger partial charge in [0.05, 0.1) is 0 Å². The van der Waals surface area contributed by atoms with Crippen LogP contribution in [0, 0.1) is 0 Å². The molecule has 5 nitrogen and oxygen atoms in total. The zero-order valence-corrected chi connectivity index (χ0v) is 8.39. The van der Waals surface area contributed by atoms with Crippen molar-refractivity contribution in [3.63, 3.8) is 0 Å². The van der Waals surface area contributed by atoms with Crippen LogP contribution in [-0.2, 0) is 14.3 Å². The lowest BCUT2D eigenvalue weighted by molar-refractivity contribution is -0.416. The zero-order chi connectivity index (χ0) is 11.0. The number of ether oxygens (including phenoxy) is 2. The third kappa shape index (κ3) is 1.41. The van der Waals surface area contributed by atoms with Crippen LogP contribution in [0.1, 0.15) is 0 Å². The van der Waals surface area contributed by atoms with Gasteiger partial charge in [-0.1, -0.05) is 6.08 Å². The van der Waals surface area contributed by atoms with Gasteiger partial charge in [0.15, 0.2) is 6.10 Å². The first-order valence-corrected chi connectivity index (χ1v) is 4.43. The second kappa shape index (κ2) is 3.43. The Morgan fingerprint density at radius 1 is 1.47 bits per heavy atom. The molecule has 0 N–H and O–H groups in total. The van der Waals surface area contributed by atoms with Gasteiger partial charge in [-0.3, -0.25) is 0 Å². The van der Waals surface area contributed by atoms with E-state index in [-0.39, 0.29) is 6.10 Å². The number of carbonyl (C=O) groups excluding carboxylic acids is 2. The number of methoxy groups -OCH3 is 1. The summed E-state index contributed by atoms with van der Waals surface area (Å²) >= 11 is 0. The Kier molecular flexibility index (Phi) is 2.24. The highest BCUT2D eigenvalue weighted by Crippen LogP contribution is 2.18. The summed E-state index contributed by atoms with van der Waals surface area (Å²) in [5.41, 5.74) is 0.896. The predicted molar refractivity (Wildman–Crippen MR) is 50.7 cm³/mol. The van der Waals surface area contributed by atoms with E-state index in [1.807, 2.05) is 0 Å². The number of rotatable bonds is 1. The molecule has 0 aromatic heterocycles. The highest BCUT2D eigenvalue weighted by Gasteiger charge is 2.42. The first-order valence-electron chi connectivity index (χ1n) is 4.43. The topological polar surface area (TPSA) is 55.6 Å². The molecule has 1 heterocycles. The Bertz CT molecular complexity index is 431. The number of amides is 1. The Hall–Kier alpha value is -1.75. The van der Waals surface area contributed by atoms with Crippen LogP contribution in [0.15, 0.2) is 23.8 Å². The molecule has 78 valence electrons. The van der Waals surface area contributed by atoms with E-state index in [1.165, 1.54) is 11.7 Å². The molecule has 1 amide bonds. The SMILES string of the molecule is COC1C=CC=C2C(=O)OC(=O)[N+](C)=C21. The molecule has 0 radical (unpaired) electrons. The summed E-state index contributed by atoms with van der Waals surface area (Å²) < 4.78 is 11.0. The number of hydrogen-bond donors (Lipinski definition) is 0. The van der Waals surface area contributed by atoms with E-state index in [2.05, 4.69) is 4.74 Å². The van der Waals surface area contributed by atoms with Gasteiger partial charge in [0.1, 0.15) is 12.6 Å². The molecule has 0 bridgehead atoms. The van der Waals surface area contributed by atoms with Crippen LogP contribution in [0.4, 0.5) is 4.79 Å². The third-order valence-electron chi connectivity index (χ3n) is 2.38. The van der Waals surface area contributed by atoms with Gasteiger partial charge in [-0.2, -0.15) is 4.79 Å². The van der Waals surface area contributed by atoms with Crippen molar-refractivity contribution in [2.45, 2.75) is 6.10 Å². The fourth-order valence-electron chi connectivity index (χ4n) is 1.62. The molecule has 0 saturated heterocycles. The lowest BCUT2D eigenvalue weighted by Crippen LogP contribution is -2.43. The highest BCUT2D eigenvalue weighted by atomic mass is 16.6. The van der Waals surface area contributed by atoms with Crippen LogP contribution in [0.3, 0.4) is 0 Å². The van der Waals surface area contributed by atoms with E-state index in [0.717, 1.165) is 0 Å². The van der Waals surface area contributed by atoms with Gasteiger partial charge in [0.2, 0.25) is 5.71 Å². The monoisotopic (exact) mass is 208 g/mol. The van der Waals surface area contributed by atoms with Crippen LogP contribution in [0.2, 0.25) is 0 Å². The van der Waals surface area contributed by atoms with Crippen LogP contribution >= 0.6 is 0 Å². The van der Waals surface area contributed by atoms with Crippen LogP contribution in [0.25, 0.3) is 0 Å². The van der Waals surface area contributed by atoms with Gasteiger partial charge in [-0.05, 0) is 12.2 Å². The smallest absolute Gasteiger partial charge is 0.366 e. The fourth-order valence-corrected chi connectivity index (χ4v) is 1.62. The Morgan fingerprint density at radius 3 is 2.87 bits per heavy atom. The zero-order valence-electron chi connectivity index (χ0n) is 8.39. The Labute approximate surface area is 86.3 Å². The molecule has 2 rings (SSSR count). The van der Waals surface area contributed by atoms with Gasteiger partial charge in [0.25, 0.3) is 0 Å². The summed E-state index contributed by atoms with van der Waals surface area (Å²) in [5.74, 6) is -0.625. The summed E-state index contributed by atoms with van der Waals surface area (Å²) in [4.78, 5) is 22.7. The van der Waals surface area contributed by atoms with Gasteiger partial charge >= 0.3 is 12.1 Å². The minimum absolute atomic E-state index is 0.367. The van der Waals surface area contributed by atoms with Crippen LogP contribution in [-0.4, -0.2) is 42.6 Å². The van der Waals surface area contributed by atoms with Crippen molar-refractivity contribution in [1.82, 2.24) is 0 Å². The molecule has 0 aromatic rings. The van der Waals surface area contributed by atoms with E-state index in [0.29, 0.717) is 11.3 Å². The molecule has 1 unspecified atom stereocenters.